The van der Waals surface area contributed by atoms with Crippen molar-refractivity contribution >= 4 is 0 Å². The largest absolute Gasteiger partial charge is 0.508 e. The van der Waals surface area contributed by atoms with Crippen LogP contribution in [0.1, 0.15) is 5.56 Å². The Labute approximate surface area is 98.0 Å². The smallest absolute Gasteiger partial charge is 0.200 e. The van der Waals surface area contributed by atoms with Crippen molar-refractivity contribution in [1.82, 2.24) is 0 Å². The summed E-state index contributed by atoms with van der Waals surface area (Å²) in [6, 6.07) is 7.71. The minimum absolute atomic E-state index is 0.138. The van der Waals surface area contributed by atoms with E-state index in [2.05, 4.69) is 0 Å². The molecule has 2 aromatic rings. The maximum absolute atomic E-state index is 9.62. The van der Waals surface area contributed by atoms with Gasteiger partial charge in [-0.2, -0.15) is 0 Å². The molecule has 17 heavy (non-hydrogen) atoms. The van der Waals surface area contributed by atoms with Crippen molar-refractivity contribution in [2.75, 3.05) is 0 Å². The lowest BCUT2D eigenvalue weighted by Crippen LogP contribution is -1.85. The highest BCUT2D eigenvalue weighted by molar-refractivity contribution is 5.75. The monoisotopic (exact) mass is 232 g/mol. The van der Waals surface area contributed by atoms with Crippen LogP contribution >= 0.6 is 0 Å². The SMILES string of the molecule is Cc1c(-c2ccc(O)cc2)cc(O)c(O)c1O. The fraction of sp³-hybridized carbons (Fsp3) is 0.0769. The number of phenols is 4. The molecule has 2 aromatic carbocycles. The normalized spacial score (nSPS) is 10.4. The van der Waals surface area contributed by atoms with E-state index < -0.39 is 5.75 Å². The van der Waals surface area contributed by atoms with Gasteiger partial charge in [-0.15, -0.1) is 0 Å². The van der Waals surface area contributed by atoms with Gasteiger partial charge in [0.2, 0.25) is 5.75 Å². The Balaban J connectivity index is 2.64. The lowest BCUT2D eigenvalue weighted by atomic mass is 9.99. The summed E-state index contributed by atoms with van der Waals surface area (Å²) in [6.45, 7) is 1.64. The Morgan fingerprint density at radius 1 is 0.824 bits per heavy atom. The summed E-state index contributed by atoms with van der Waals surface area (Å²) >= 11 is 0. The van der Waals surface area contributed by atoms with Gasteiger partial charge in [0, 0.05) is 5.56 Å². The van der Waals surface area contributed by atoms with Crippen LogP contribution in [0.25, 0.3) is 11.1 Å². The van der Waals surface area contributed by atoms with Crippen molar-refractivity contribution < 1.29 is 20.4 Å². The zero-order valence-electron chi connectivity index (χ0n) is 9.18. The van der Waals surface area contributed by atoms with Gasteiger partial charge in [-0.05, 0) is 36.2 Å². The molecule has 4 heteroatoms. The van der Waals surface area contributed by atoms with Gasteiger partial charge in [-0.1, -0.05) is 12.1 Å². The maximum atomic E-state index is 9.62. The number of rotatable bonds is 1. The maximum Gasteiger partial charge on any atom is 0.200 e. The number of benzene rings is 2. The third-order valence-electron chi connectivity index (χ3n) is 2.69. The van der Waals surface area contributed by atoms with E-state index in [0.29, 0.717) is 11.1 Å². The first-order chi connectivity index (χ1) is 8.00. The molecule has 0 aliphatic heterocycles. The van der Waals surface area contributed by atoms with Crippen molar-refractivity contribution in [1.29, 1.82) is 0 Å². The average molecular weight is 232 g/mol. The first-order valence-electron chi connectivity index (χ1n) is 5.04. The summed E-state index contributed by atoms with van der Waals surface area (Å²) in [5.74, 6) is -1.10. The number of phenolic OH excluding ortho intramolecular Hbond substituents is 4. The molecule has 0 heterocycles. The minimum Gasteiger partial charge on any atom is -0.508 e. The lowest BCUT2D eigenvalue weighted by molar-refractivity contribution is 0.366. The van der Waals surface area contributed by atoms with Crippen molar-refractivity contribution in [3.05, 3.63) is 35.9 Å². The number of hydrogen-bond acceptors (Lipinski definition) is 4. The van der Waals surface area contributed by atoms with E-state index in [4.69, 9.17) is 0 Å². The van der Waals surface area contributed by atoms with Gasteiger partial charge in [0.1, 0.15) is 5.75 Å². The van der Waals surface area contributed by atoms with Crippen molar-refractivity contribution in [2.45, 2.75) is 6.92 Å². The molecule has 0 bridgehead atoms. The van der Waals surface area contributed by atoms with Gasteiger partial charge >= 0.3 is 0 Å². The van der Waals surface area contributed by atoms with Crippen LogP contribution in [0.4, 0.5) is 0 Å². The molecule has 4 nitrogen and oxygen atoms in total. The lowest BCUT2D eigenvalue weighted by Gasteiger charge is -2.11. The third-order valence-corrected chi connectivity index (χ3v) is 2.69. The van der Waals surface area contributed by atoms with E-state index in [-0.39, 0.29) is 17.2 Å². The van der Waals surface area contributed by atoms with Crippen LogP contribution in [0.5, 0.6) is 23.0 Å². The zero-order chi connectivity index (χ0) is 12.6. The summed E-state index contributed by atoms with van der Waals surface area (Å²) in [6.07, 6.45) is 0. The van der Waals surface area contributed by atoms with E-state index in [1.54, 1.807) is 19.1 Å². The van der Waals surface area contributed by atoms with Gasteiger partial charge in [0.25, 0.3) is 0 Å². The van der Waals surface area contributed by atoms with E-state index in [9.17, 15) is 20.4 Å². The Morgan fingerprint density at radius 2 is 1.41 bits per heavy atom. The molecule has 88 valence electrons. The molecule has 4 N–H and O–H groups in total. The molecular weight excluding hydrogens is 220 g/mol. The van der Waals surface area contributed by atoms with E-state index in [0.717, 1.165) is 5.56 Å². The molecule has 0 amide bonds. The highest BCUT2D eigenvalue weighted by Gasteiger charge is 2.14. The van der Waals surface area contributed by atoms with Crippen LogP contribution in [0.2, 0.25) is 0 Å². The molecule has 0 fully saturated rings. The molecular formula is C13H12O4. The minimum atomic E-state index is -0.523. The predicted octanol–water partition coefficient (Wildman–Crippen LogP) is 2.48. The van der Waals surface area contributed by atoms with Crippen LogP contribution in [-0.2, 0) is 0 Å². The topological polar surface area (TPSA) is 80.9 Å². The van der Waals surface area contributed by atoms with Crippen LogP contribution < -0.4 is 0 Å². The fourth-order valence-corrected chi connectivity index (χ4v) is 1.68. The average Bonchev–Trinajstić information content (AvgIpc) is 2.32. The standard InChI is InChI=1S/C13H12O4/c1-7-10(6-11(15)13(17)12(7)16)8-2-4-9(14)5-3-8/h2-6,14-17H,1H3. The van der Waals surface area contributed by atoms with Gasteiger partial charge < -0.3 is 20.4 Å². The Kier molecular flexibility index (Phi) is 2.55. The molecule has 0 aliphatic carbocycles. The van der Waals surface area contributed by atoms with Gasteiger partial charge in [0.05, 0.1) is 0 Å². The Hall–Kier alpha value is -2.36. The molecule has 0 radical (unpaired) electrons. The zero-order valence-corrected chi connectivity index (χ0v) is 9.18. The van der Waals surface area contributed by atoms with Crippen molar-refractivity contribution in [3.8, 4) is 34.1 Å². The third kappa shape index (κ3) is 1.85. The van der Waals surface area contributed by atoms with Gasteiger partial charge in [-0.3, -0.25) is 0 Å². The number of aromatic hydroxyl groups is 4. The molecule has 0 spiro atoms. The first kappa shape index (κ1) is 11.1. The molecule has 0 saturated carbocycles. The fourth-order valence-electron chi connectivity index (χ4n) is 1.68. The first-order valence-corrected chi connectivity index (χ1v) is 5.04. The van der Waals surface area contributed by atoms with Crippen LogP contribution in [-0.4, -0.2) is 20.4 Å². The van der Waals surface area contributed by atoms with E-state index in [1.165, 1.54) is 18.2 Å². The summed E-state index contributed by atoms with van der Waals surface area (Å²) in [5.41, 5.74) is 1.79. The van der Waals surface area contributed by atoms with Gasteiger partial charge in [-0.25, -0.2) is 0 Å². The Morgan fingerprint density at radius 3 is 2.00 bits per heavy atom. The van der Waals surface area contributed by atoms with E-state index >= 15 is 0 Å². The summed E-state index contributed by atoms with van der Waals surface area (Å²) in [7, 11) is 0. The van der Waals surface area contributed by atoms with Crippen LogP contribution in [0.15, 0.2) is 30.3 Å². The molecule has 0 atom stereocenters. The van der Waals surface area contributed by atoms with Crippen molar-refractivity contribution in [2.24, 2.45) is 0 Å². The highest BCUT2D eigenvalue weighted by Crippen LogP contribution is 2.42. The predicted molar refractivity (Wildman–Crippen MR) is 63.3 cm³/mol. The highest BCUT2D eigenvalue weighted by atomic mass is 16.3. The quantitative estimate of drug-likeness (QED) is 0.569. The Bertz CT molecular complexity index is 559. The second kappa shape index (κ2) is 3.90. The molecule has 2 rings (SSSR count). The molecule has 0 aromatic heterocycles. The summed E-state index contributed by atoms with van der Waals surface area (Å²) in [5, 5.41) is 37.6. The van der Waals surface area contributed by atoms with Crippen LogP contribution in [0, 0.1) is 6.92 Å². The molecule has 0 aliphatic rings. The summed E-state index contributed by atoms with van der Waals surface area (Å²) < 4.78 is 0. The second-order valence-corrected chi connectivity index (χ2v) is 3.81. The molecule has 0 saturated heterocycles. The second-order valence-electron chi connectivity index (χ2n) is 3.81. The van der Waals surface area contributed by atoms with Crippen LogP contribution in [0.3, 0.4) is 0 Å². The van der Waals surface area contributed by atoms with Gasteiger partial charge in [0.15, 0.2) is 11.5 Å². The van der Waals surface area contributed by atoms with Crippen molar-refractivity contribution in [3.63, 3.8) is 0 Å². The summed E-state index contributed by atoms with van der Waals surface area (Å²) in [4.78, 5) is 0. The molecule has 0 unspecified atom stereocenters. The van der Waals surface area contributed by atoms with E-state index in [1.807, 2.05) is 0 Å². The number of hydrogen-bond donors (Lipinski definition) is 4.